The summed E-state index contributed by atoms with van der Waals surface area (Å²) in [5, 5.41) is 12.0. The Hall–Kier alpha value is -3.25. The van der Waals surface area contributed by atoms with Crippen LogP contribution in [0.4, 0.5) is 4.79 Å². The highest BCUT2D eigenvalue weighted by Crippen LogP contribution is 2.44. The van der Waals surface area contributed by atoms with Crippen LogP contribution in [-0.4, -0.2) is 35.6 Å². The zero-order valence-electron chi connectivity index (χ0n) is 17.6. The van der Waals surface area contributed by atoms with E-state index in [9.17, 15) is 14.7 Å². The molecule has 32 heavy (non-hydrogen) atoms. The van der Waals surface area contributed by atoms with E-state index in [2.05, 4.69) is 17.4 Å². The Morgan fingerprint density at radius 1 is 0.906 bits per heavy atom. The van der Waals surface area contributed by atoms with Gasteiger partial charge in [0.1, 0.15) is 12.6 Å². The minimum absolute atomic E-state index is 0.0575. The number of hydrogen-bond donors (Lipinski definition) is 2. The van der Waals surface area contributed by atoms with Gasteiger partial charge in [-0.2, -0.15) is 11.8 Å². The van der Waals surface area contributed by atoms with Crippen molar-refractivity contribution in [3.05, 3.63) is 95.6 Å². The van der Waals surface area contributed by atoms with E-state index in [0.29, 0.717) is 12.2 Å². The number of benzene rings is 3. The first-order valence-corrected chi connectivity index (χ1v) is 11.7. The van der Waals surface area contributed by atoms with Gasteiger partial charge >= 0.3 is 12.1 Å². The van der Waals surface area contributed by atoms with Crippen LogP contribution in [0.2, 0.25) is 0 Å². The molecular formula is C26H25NO4S. The molecule has 0 radical (unpaired) electrons. The van der Waals surface area contributed by atoms with E-state index in [0.717, 1.165) is 28.0 Å². The lowest BCUT2D eigenvalue weighted by atomic mass is 9.98. The minimum Gasteiger partial charge on any atom is -0.480 e. The molecule has 0 bridgehead atoms. The summed E-state index contributed by atoms with van der Waals surface area (Å²) in [5.74, 6) is 0.310. The monoisotopic (exact) mass is 447 g/mol. The van der Waals surface area contributed by atoms with Crippen molar-refractivity contribution >= 4 is 23.8 Å². The number of carbonyl (C=O) groups excluding carboxylic acids is 1. The van der Waals surface area contributed by atoms with Gasteiger partial charge in [-0.3, -0.25) is 0 Å². The van der Waals surface area contributed by atoms with Gasteiger partial charge in [0.05, 0.1) is 0 Å². The topological polar surface area (TPSA) is 75.6 Å². The van der Waals surface area contributed by atoms with Gasteiger partial charge in [0.15, 0.2) is 0 Å². The Labute approximate surface area is 191 Å². The Kier molecular flexibility index (Phi) is 7.12. The lowest BCUT2D eigenvalue weighted by Crippen LogP contribution is -2.41. The molecule has 4 rings (SSSR count). The van der Waals surface area contributed by atoms with E-state index >= 15 is 0 Å². The zero-order chi connectivity index (χ0) is 22.3. The van der Waals surface area contributed by atoms with E-state index in [-0.39, 0.29) is 12.5 Å². The highest BCUT2D eigenvalue weighted by Gasteiger charge is 2.29. The van der Waals surface area contributed by atoms with Crippen LogP contribution in [0.25, 0.3) is 11.1 Å². The van der Waals surface area contributed by atoms with Gasteiger partial charge in [-0.25, -0.2) is 9.59 Å². The molecule has 1 aliphatic rings. The third kappa shape index (κ3) is 5.14. The number of rotatable bonds is 9. The van der Waals surface area contributed by atoms with Crippen LogP contribution in [0.1, 0.15) is 29.0 Å². The highest BCUT2D eigenvalue weighted by atomic mass is 32.2. The number of nitrogens with one attached hydrogen (secondary N) is 1. The SMILES string of the molecule is O=C(NC(CCSCc1ccccc1)C(=O)O)OCC1c2ccccc2-c2ccccc21. The molecule has 1 unspecified atom stereocenters. The summed E-state index contributed by atoms with van der Waals surface area (Å²) >= 11 is 1.64. The van der Waals surface area contributed by atoms with Crippen molar-refractivity contribution in [3.8, 4) is 11.1 Å². The van der Waals surface area contributed by atoms with Crippen LogP contribution >= 0.6 is 11.8 Å². The average Bonchev–Trinajstić information content (AvgIpc) is 3.14. The molecule has 3 aromatic rings. The first-order chi connectivity index (χ1) is 15.6. The van der Waals surface area contributed by atoms with Crippen molar-refractivity contribution in [1.82, 2.24) is 5.32 Å². The van der Waals surface area contributed by atoms with E-state index in [1.54, 1.807) is 11.8 Å². The quantitative estimate of drug-likeness (QED) is 0.435. The Bertz CT molecular complexity index is 1040. The van der Waals surface area contributed by atoms with Crippen LogP contribution in [0, 0.1) is 0 Å². The van der Waals surface area contributed by atoms with Gasteiger partial charge in [0.2, 0.25) is 0 Å². The van der Waals surface area contributed by atoms with E-state index in [1.165, 1.54) is 5.56 Å². The molecule has 0 fully saturated rings. The lowest BCUT2D eigenvalue weighted by Gasteiger charge is -2.17. The number of carboxylic acids is 1. The molecule has 0 heterocycles. The number of fused-ring (bicyclic) bond motifs is 3. The van der Waals surface area contributed by atoms with Gasteiger partial charge in [0, 0.05) is 11.7 Å². The number of ether oxygens (including phenoxy) is 1. The molecule has 2 N–H and O–H groups in total. The molecule has 1 atom stereocenters. The Balaban J connectivity index is 1.30. The summed E-state index contributed by atoms with van der Waals surface area (Å²) in [4.78, 5) is 24.0. The molecule has 0 aromatic heterocycles. The number of hydrogen-bond acceptors (Lipinski definition) is 4. The highest BCUT2D eigenvalue weighted by molar-refractivity contribution is 7.98. The van der Waals surface area contributed by atoms with Gasteiger partial charge in [0.25, 0.3) is 0 Å². The molecule has 0 saturated heterocycles. The van der Waals surface area contributed by atoms with Crippen molar-refractivity contribution in [2.45, 2.75) is 24.1 Å². The van der Waals surface area contributed by atoms with E-state index in [1.807, 2.05) is 66.7 Å². The largest absolute Gasteiger partial charge is 0.480 e. The summed E-state index contributed by atoms with van der Waals surface area (Å²) in [6.45, 7) is 0.162. The first kappa shape index (κ1) is 22.0. The van der Waals surface area contributed by atoms with Crippen molar-refractivity contribution in [2.24, 2.45) is 0 Å². The fourth-order valence-electron chi connectivity index (χ4n) is 4.01. The summed E-state index contributed by atoms with van der Waals surface area (Å²) in [7, 11) is 0. The van der Waals surface area contributed by atoms with Crippen molar-refractivity contribution in [1.29, 1.82) is 0 Å². The lowest BCUT2D eigenvalue weighted by molar-refractivity contribution is -0.139. The molecule has 0 aliphatic heterocycles. The molecule has 1 amide bonds. The molecular weight excluding hydrogens is 422 g/mol. The van der Waals surface area contributed by atoms with Crippen LogP contribution in [-0.2, 0) is 15.3 Å². The number of alkyl carbamates (subject to hydrolysis) is 1. The third-order valence-corrected chi connectivity index (χ3v) is 6.66. The summed E-state index contributed by atoms with van der Waals surface area (Å²) in [6, 6.07) is 25.2. The number of carboxylic acid groups (broad SMARTS) is 1. The van der Waals surface area contributed by atoms with Crippen LogP contribution in [0.3, 0.4) is 0 Å². The van der Waals surface area contributed by atoms with E-state index in [4.69, 9.17) is 4.74 Å². The second kappa shape index (κ2) is 10.4. The molecule has 164 valence electrons. The summed E-state index contributed by atoms with van der Waals surface area (Å²) in [5.41, 5.74) is 5.72. The maximum absolute atomic E-state index is 12.4. The summed E-state index contributed by atoms with van der Waals surface area (Å²) in [6.07, 6.45) is -0.371. The van der Waals surface area contributed by atoms with Crippen LogP contribution < -0.4 is 5.32 Å². The van der Waals surface area contributed by atoms with Crippen molar-refractivity contribution in [2.75, 3.05) is 12.4 Å². The van der Waals surface area contributed by atoms with Gasteiger partial charge in [-0.05, 0) is 40.0 Å². The molecule has 1 aliphatic carbocycles. The fourth-order valence-corrected chi connectivity index (χ4v) is 4.98. The van der Waals surface area contributed by atoms with E-state index < -0.39 is 18.1 Å². The van der Waals surface area contributed by atoms with Crippen molar-refractivity contribution < 1.29 is 19.4 Å². The van der Waals surface area contributed by atoms with Crippen molar-refractivity contribution in [3.63, 3.8) is 0 Å². The predicted octanol–water partition coefficient (Wildman–Crippen LogP) is 5.30. The van der Waals surface area contributed by atoms with Crippen LogP contribution in [0.5, 0.6) is 0 Å². The smallest absolute Gasteiger partial charge is 0.407 e. The molecule has 5 nitrogen and oxygen atoms in total. The molecule has 6 heteroatoms. The number of carbonyl (C=O) groups is 2. The maximum Gasteiger partial charge on any atom is 0.407 e. The number of aliphatic carboxylic acids is 1. The maximum atomic E-state index is 12.4. The Morgan fingerprint density at radius 2 is 1.50 bits per heavy atom. The second-order valence-corrected chi connectivity index (χ2v) is 8.79. The average molecular weight is 448 g/mol. The predicted molar refractivity (Wildman–Crippen MR) is 127 cm³/mol. The molecule has 3 aromatic carbocycles. The van der Waals surface area contributed by atoms with Gasteiger partial charge in [-0.1, -0.05) is 78.9 Å². The van der Waals surface area contributed by atoms with Gasteiger partial charge < -0.3 is 15.2 Å². The number of amides is 1. The van der Waals surface area contributed by atoms with Gasteiger partial charge in [-0.15, -0.1) is 0 Å². The summed E-state index contributed by atoms with van der Waals surface area (Å²) < 4.78 is 5.48. The Morgan fingerprint density at radius 3 is 2.12 bits per heavy atom. The minimum atomic E-state index is -1.06. The molecule has 0 spiro atoms. The third-order valence-electron chi connectivity index (χ3n) is 5.60. The second-order valence-electron chi connectivity index (χ2n) is 7.69. The number of thioether (sulfide) groups is 1. The first-order valence-electron chi connectivity index (χ1n) is 10.6. The molecule has 0 saturated carbocycles. The standard InChI is InChI=1S/C26H25NO4S/c28-25(29)24(14-15-32-17-18-8-2-1-3-9-18)27-26(30)31-16-23-21-12-6-4-10-19(21)20-11-5-7-13-22(20)23/h1-13,23-24H,14-17H2,(H,27,30)(H,28,29). The fraction of sp³-hybridized carbons (Fsp3) is 0.231. The zero-order valence-corrected chi connectivity index (χ0v) is 18.4. The van der Waals surface area contributed by atoms with Crippen LogP contribution in [0.15, 0.2) is 78.9 Å². The normalized spacial score (nSPS) is 13.1.